The number of benzene rings is 1. The minimum absolute atomic E-state index is 0.0551. The van der Waals surface area contributed by atoms with E-state index in [9.17, 15) is 4.79 Å². The second kappa shape index (κ2) is 6.77. The smallest absolute Gasteiger partial charge is 0.225 e. The molecule has 0 radical (unpaired) electrons. The lowest BCUT2D eigenvalue weighted by Gasteiger charge is -2.12. The molecule has 94 valence electrons. The predicted molar refractivity (Wildman–Crippen MR) is 75.4 cm³/mol. The molecular formula is C13H19BrN2O. The first-order chi connectivity index (χ1) is 8.04. The minimum atomic E-state index is 0.0551. The highest BCUT2D eigenvalue weighted by atomic mass is 79.9. The van der Waals surface area contributed by atoms with Gasteiger partial charge in [0.25, 0.3) is 0 Å². The Morgan fingerprint density at radius 3 is 2.41 bits per heavy atom. The maximum absolute atomic E-state index is 11.7. The lowest BCUT2D eigenvalue weighted by Crippen LogP contribution is -2.22. The molecule has 1 aromatic rings. The van der Waals surface area contributed by atoms with Gasteiger partial charge in [0.15, 0.2) is 0 Å². The standard InChI is InChI=1S/C13H19BrN2O/c1-4-15-6-5-12(17)16-13-9(2)7-11(14)8-10(13)3/h7-8,15H,4-6H2,1-3H3,(H,16,17). The van der Waals surface area contributed by atoms with Gasteiger partial charge in [-0.1, -0.05) is 22.9 Å². The molecule has 4 heteroatoms. The van der Waals surface area contributed by atoms with E-state index >= 15 is 0 Å². The number of rotatable bonds is 5. The Morgan fingerprint density at radius 2 is 1.88 bits per heavy atom. The Balaban J connectivity index is 2.65. The predicted octanol–water partition coefficient (Wildman–Crippen LogP) is 3.00. The number of hydrogen-bond donors (Lipinski definition) is 2. The first-order valence-electron chi connectivity index (χ1n) is 5.82. The average Bonchev–Trinajstić information content (AvgIpc) is 2.24. The average molecular weight is 299 g/mol. The van der Waals surface area contributed by atoms with Crippen molar-refractivity contribution in [2.75, 3.05) is 18.4 Å². The minimum Gasteiger partial charge on any atom is -0.326 e. The molecule has 0 aromatic heterocycles. The molecule has 0 atom stereocenters. The fourth-order valence-electron chi connectivity index (χ4n) is 1.69. The molecule has 1 aromatic carbocycles. The SMILES string of the molecule is CCNCCC(=O)Nc1c(C)cc(Br)cc1C. The molecule has 0 fully saturated rings. The summed E-state index contributed by atoms with van der Waals surface area (Å²) in [6, 6.07) is 4.01. The first-order valence-corrected chi connectivity index (χ1v) is 6.61. The topological polar surface area (TPSA) is 41.1 Å². The summed E-state index contributed by atoms with van der Waals surface area (Å²) < 4.78 is 1.04. The first kappa shape index (κ1) is 14.2. The van der Waals surface area contributed by atoms with Gasteiger partial charge in [0.2, 0.25) is 5.91 Å². The summed E-state index contributed by atoms with van der Waals surface area (Å²) in [4.78, 5) is 11.7. The number of carbonyl (C=O) groups excluding carboxylic acids is 1. The second-order valence-electron chi connectivity index (χ2n) is 4.07. The van der Waals surface area contributed by atoms with Gasteiger partial charge in [-0.15, -0.1) is 0 Å². The van der Waals surface area contributed by atoms with Crippen LogP contribution >= 0.6 is 15.9 Å². The number of carbonyl (C=O) groups is 1. The van der Waals surface area contributed by atoms with E-state index in [1.54, 1.807) is 0 Å². The zero-order valence-electron chi connectivity index (χ0n) is 10.6. The van der Waals surface area contributed by atoms with Gasteiger partial charge in [-0.2, -0.15) is 0 Å². The Morgan fingerprint density at radius 1 is 1.29 bits per heavy atom. The van der Waals surface area contributed by atoms with Crippen LogP contribution in [0, 0.1) is 13.8 Å². The van der Waals surface area contributed by atoms with Crippen molar-refractivity contribution in [3.05, 3.63) is 27.7 Å². The van der Waals surface area contributed by atoms with E-state index in [4.69, 9.17) is 0 Å². The zero-order valence-corrected chi connectivity index (χ0v) is 12.1. The molecule has 0 bridgehead atoms. The highest BCUT2D eigenvalue weighted by Gasteiger charge is 2.07. The van der Waals surface area contributed by atoms with Crippen LogP contribution in [0.5, 0.6) is 0 Å². The molecule has 3 nitrogen and oxygen atoms in total. The molecule has 1 amide bonds. The number of halogens is 1. The quantitative estimate of drug-likeness (QED) is 0.821. The summed E-state index contributed by atoms with van der Waals surface area (Å²) in [5, 5.41) is 6.10. The van der Waals surface area contributed by atoms with Crippen molar-refractivity contribution < 1.29 is 4.79 Å². The van der Waals surface area contributed by atoms with Gasteiger partial charge in [-0.05, 0) is 43.7 Å². The van der Waals surface area contributed by atoms with Gasteiger partial charge in [-0.3, -0.25) is 4.79 Å². The maximum atomic E-state index is 11.7. The number of hydrogen-bond acceptors (Lipinski definition) is 2. The Bertz CT molecular complexity index is 381. The molecule has 2 N–H and O–H groups in total. The number of amides is 1. The van der Waals surface area contributed by atoms with Crippen LogP contribution in [-0.4, -0.2) is 19.0 Å². The fraction of sp³-hybridized carbons (Fsp3) is 0.462. The fourth-order valence-corrected chi connectivity index (χ4v) is 2.38. The van der Waals surface area contributed by atoms with Crippen molar-refractivity contribution in [2.45, 2.75) is 27.2 Å². The van der Waals surface area contributed by atoms with Crippen LogP contribution in [0.4, 0.5) is 5.69 Å². The van der Waals surface area contributed by atoms with Crippen LogP contribution in [-0.2, 0) is 4.79 Å². The van der Waals surface area contributed by atoms with Gasteiger partial charge in [0, 0.05) is 23.1 Å². The third-order valence-electron chi connectivity index (χ3n) is 2.54. The molecule has 0 heterocycles. The van der Waals surface area contributed by atoms with Crippen molar-refractivity contribution in [3.8, 4) is 0 Å². The van der Waals surface area contributed by atoms with E-state index < -0.39 is 0 Å². The van der Waals surface area contributed by atoms with Gasteiger partial charge in [-0.25, -0.2) is 0 Å². The van der Waals surface area contributed by atoms with Gasteiger partial charge < -0.3 is 10.6 Å². The molecule has 0 aliphatic carbocycles. The highest BCUT2D eigenvalue weighted by molar-refractivity contribution is 9.10. The van der Waals surface area contributed by atoms with Crippen LogP contribution in [0.1, 0.15) is 24.5 Å². The van der Waals surface area contributed by atoms with Crippen molar-refractivity contribution in [1.82, 2.24) is 5.32 Å². The normalized spacial score (nSPS) is 10.4. The number of aryl methyl sites for hydroxylation is 2. The summed E-state index contributed by atoms with van der Waals surface area (Å²) in [6.07, 6.45) is 0.503. The summed E-state index contributed by atoms with van der Waals surface area (Å²) in [5.41, 5.74) is 3.08. The van der Waals surface area contributed by atoms with E-state index in [1.807, 2.05) is 32.9 Å². The van der Waals surface area contributed by atoms with Gasteiger partial charge >= 0.3 is 0 Å². The lowest BCUT2D eigenvalue weighted by molar-refractivity contribution is -0.116. The molecule has 0 aliphatic rings. The Hall–Kier alpha value is -0.870. The molecule has 0 saturated carbocycles. The van der Waals surface area contributed by atoms with Crippen LogP contribution in [0.2, 0.25) is 0 Å². The molecule has 17 heavy (non-hydrogen) atoms. The summed E-state index contributed by atoms with van der Waals surface area (Å²) in [6.45, 7) is 7.64. The van der Waals surface area contributed by atoms with E-state index in [0.29, 0.717) is 6.42 Å². The van der Waals surface area contributed by atoms with Crippen LogP contribution < -0.4 is 10.6 Å². The third kappa shape index (κ3) is 4.48. The van der Waals surface area contributed by atoms with Crippen LogP contribution in [0.15, 0.2) is 16.6 Å². The van der Waals surface area contributed by atoms with Crippen molar-refractivity contribution >= 4 is 27.5 Å². The van der Waals surface area contributed by atoms with Gasteiger partial charge in [0.05, 0.1) is 0 Å². The van der Waals surface area contributed by atoms with E-state index in [1.165, 1.54) is 0 Å². The van der Waals surface area contributed by atoms with Gasteiger partial charge in [0.1, 0.15) is 0 Å². The summed E-state index contributed by atoms with van der Waals surface area (Å²) >= 11 is 3.44. The number of anilines is 1. The van der Waals surface area contributed by atoms with Crippen molar-refractivity contribution in [1.29, 1.82) is 0 Å². The van der Waals surface area contributed by atoms with Crippen molar-refractivity contribution in [2.24, 2.45) is 0 Å². The Labute approximate surface area is 111 Å². The maximum Gasteiger partial charge on any atom is 0.225 e. The van der Waals surface area contributed by atoms with Crippen LogP contribution in [0.25, 0.3) is 0 Å². The second-order valence-corrected chi connectivity index (χ2v) is 4.98. The third-order valence-corrected chi connectivity index (χ3v) is 3.00. The van der Waals surface area contributed by atoms with E-state index in [2.05, 4.69) is 26.6 Å². The molecular weight excluding hydrogens is 280 g/mol. The monoisotopic (exact) mass is 298 g/mol. The summed E-state index contributed by atoms with van der Waals surface area (Å²) in [5.74, 6) is 0.0551. The largest absolute Gasteiger partial charge is 0.326 e. The number of nitrogens with one attached hydrogen (secondary N) is 2. The Kier molecular flexibility index (Phi) is 5.65. The molecule has 0 spiro atoms. The zero-order chi connectivity index (χ0) is 12.8. The summed E-state index contributed by atoms with van der Waals surface area (Å²) in [7, 11) is 0. The molecule has 0 saturated heterocycles. The van der Waals surface area contributed by atoms with E-state index in [-0.39, 0.29) is 5.91 Å². The molecule has 1 rings (SSSR count). The van der Waals surface area contributed by atoms with Crippen LogP contribution in [0.3, 0.4) is 0 Å². The highest BCUT2D eigenvalue weighted by Crippen LogP contribution is 2.25. The molecule has 0 unspecified atom stereocenters. The van der Waals surface area contributed by atoms with E-state index in [0.717, 1.165) is 34.4 Å². The molecule has 0 aliphatic heterocycles. The van der Waals surface area contributed by atoms with Crippen molar-refractivity contribution in [3.63, 3.8) is 0 Å². The lowest BCUT2D eigenvalue weighted by atomic mass is 10.1.